The second-order valence-electron chi connectivity index (χ2n) is 8.30. The number of carbonyl (C=O) groups excluding carboxylic acids is 1. The Balaban J connectivity index is 1.71. The van der Waals surface area contributed by atoms with Crippen LogP contribution < -0.4 is 14.4 Å². The monoisotopic (exact) mass is 500 g/mol. The maximum atomic E-state index is 13.8. The van der Waals surface area contributed by atoms with Crippen LogP contribution in [0, 0.1) is 0 Å². The van der Waals surface area contributed by atoms with Gasteiger partial charge in [0.2, 0.25) is 0 Å². The summed E-state index contributed by atoms with van der Waals surface area (Å²) in [6, 6.07) is 31.5. The third kappa shape index (κ3) is 5.58. The topological polar surface area (TPSA) is 75.7 Å². The van der Waals surface area contributed by atoms with Gasteiger partial charge in [-0.25, -0.2) is 8.42 Å². The summed E-state index contributed by atoms with van der Waals surface area (Å²) in [6.45, 7) is 1.96. The standard InChI is InChI=1S/C29H28N2O4S/c1-22(24-17-19-25(35-2)20-18-24)30-29(32)27-15-9-10-16-28(27)31(21-23-11-5-3-6-12-23)36(33,34)26-13-7-4-8-14-26/h3-20,22H,21H2,1-2H3,(H,30,32)/t22-/m0/s1. The number of rotatable bonds is 9. The number of para-hydroxylation sites is 1. The highest BCUT2D eigenvalue weighted by atomic mass is 32.2. The molecule has 6 nitrogen and oxygen atoms in total. The van der Waals surface area contributed by atoms with E-state index in [0.29, 0.717) is 5.69 Å². The van der Waals surface area contributed by atoms with Crippen molar-refractivity contribution in [3.8, 4) is 5.75 Å². The maximum Gasteiger partial charge on any atom is 0.264 e. The van der Waals surface area contributed by atoms with Gasteiger partial charge < -0.3 is 10.1 Å². The highest BCUT2D eigenvalue weighted by molar-refractivity contribution is 7.92. The fourth-order valence-electron chi connectivity index (χ4n) is 3.90. The molecule has 0 saturated carbocycles. The summed E-state index contributed by atoms with van der Waals surface area (Å²) in [5.41, 5.74) is 2.29. The minimum atomic E-state index is -3.96. The van der Waals surface area contributed by atoms with E-state index in [1.54, 1.807) is 61.7 Å². The van der Waals surface area contributed by atoms with Crippen molar-refractivity contribution in [3.63, 3.8) is 0 Å². The minimum absolute atomic E-state index is 0.0798. The summed E-state index contributed by atoms with van der Waals surface area (Å²) in [6.07, 6.45) is 0. The third-order valence-electron chi connectivity index (χ3n) is 5.88. The summed E-state index contributed by atoms with van der Waals surface area (Å²) in [7, 11) is -2.36. The summed E-state index contributed by atoms with van der Waals surface area (Å²) < 4.78 is 34.1. The van der Waals surface area contributed by atoms with E-state index in [9.17, 15) is 13.2 Å². The molecule has 0 aliphatic carbocycles. The lowest BCUT2D eigenvalue weighted by Gasteiger charge is -2.27. The van der Waals surface area contributed by atoms with Crippen LogP contribution in [0.3, 0.4) is 0 Å². The van der Waals surface area contributed by atoms with Gasteiger partial charge in [0, 0.05) is 0 Å². The Morgan fingerprint density at radius 3 is 2.06 bits per heavy atom. The number of methoxy groups -OCH3 is 1. The molecule has 0 aromatic heterocycles. The molecule has 1 amide bonds. The SMILES string of the molecule is COc1ccc([C@H](C)NC(=O)c2ccccc2N(Cc2ccccc2)S(=O)(=O)c2ccccc2)cc1. The lowest BCUT2D eigenvalue weighted by molar-refractivity contribution is 0.0940. The molecule has 0 spiro atoms. The molecule has 4 rings (SSSR count). The zero-order chi connectivity index (χ0) is 25.5. The van der Waals surface area contributed by atoms with E-state index in [0.717, 1.165) is 16.9 Å². The Labute approximate surface area is 212 Å². The number of nitrogens with zero attached hydrogens (tertiary/aromatic N) is 1. The molecule has 0 bridgehead atoms. The third-order valence-corrected chi connectivity index (χ3v) is 7.65. The first-order valence-electron chi connectivity index (χ1n) is 11.6. The van der Waals surface area contributed by atoms with Gasteiger partial charge in [-0.1, -0.05) is 72.8 Å². The van der Waals surface area contributed by atoms with Crippen LogP contribution in [0.5, 0.6) is 5.75 Å². The highest BCUT2D eigenvalue weighted by Gasteiger charge is 2.28. The van der Waals surface area contributed by atoms with Crippen molar-refractivity contribution in [1.82, 2.24) is 5.32 Å². The van der Waals surface area contributed by atoms with E-state index in [2.05, 4.69) is 5.32 Å². The van der Waals surface area contributed by atoms with Gasteiger partial charge in [-0.3, -0.25) is 9.10 Å². The van der Waals surface area contributed by atoms with Gasteiger partial charge in [-0.05, 0) is 54.4 Å². The van der Waals surface area contributed by atoms with Crippen LogP contribution in [0.4, 0.5) is 5.69 Å². The molecular formula is C29H28N2O4S. The zero-order valence-electron chi connectivity index (χ0n) is 20.2. The molecule has 4 aromatic rings. The molecule has 0 radical (unpaired) electrons. The Morgan fingerprint density at radius 2 is 1.42 bits per heavy atom. The van der Waals surface area contributed by atoms with Crippen LogP contribution in [0.15, 0.2) is 114 Å². The molecule has 0 aliphatic heterocycles. The van der Waals surface area contributed by atoms with E-state index < -0.39 is 10.0 Å². The van der Waals surface area contributed by atoms with E-state index in [1.807, 2.05) is 61.5 Å². The molecule has 0 saturated heterocycles. The molecule has 7 heteroatoms. The predicted octanol–water partition coefficient (Wildman–Crippen LogP) is 5.58. The lowest BCUT2D eigenvalue weighted by Crippen LogP contribution is -2.34. The van der Waals surface area contributed by atoms with Gasteiger partial charge >= 0.3 is 0 Å². The number of nitrogens with one attached hydrogen (secondary N) is 1. The second kappa shape index (κ2) is 11.1. The van der Waals surface area contributed by atoms with Crippen molar-refractivity contribution in [3.05, 3.63) is 126 Å². The Hall–Kier alpha value is -4.10. The Morgan fingerprint density at radius 1 is 0.833 bits per heavy atom. The number of carbonyl (C=O) groups is 1. The normalized spacial score (nSPS) is 11.9. The average Bonchev–Trinajstić information content (AvgIpc) is 2.92. The Kier molecular flexibility index (Phi) is 7.71. The maximum absolute atomic E-state index is 13.8. The fourth-order valence-corrected chi connectivity index (χ4v) is 5.39. The quantitative estimate of drug-likeness (QED) is 0.325. The number of anilines is 1. The van der Waals surface area contributed by atoms with Crippen LogP contribution >= 0.6 is 0 Å². The van der Waals surface area contributed by atoms with Crippen molar-refractivity contribution in [2.45, 2.75) is 24.4 Å². The molecule has 184 valence electrons. The van der Waals surface area contributed by atoms with Crippen LogP contribution in [-0.2, 0) is 16.6 Å². The first-order valence-corrected chi connectivity index (χ1v) is 13.0. The molecule has 1 atom stereocenters. The van der Waals surface area contributed by atoms with E-state index in [4.69, 9.17) is 4.74 Å². The van der Waals surface area contributed by atoms with Crippen LogP contribution in [0.25, 0.3) is 0 Å². The molecule has 0 heterocycles. The smallest absolute Gasteiger partial charge is 0.264 e. The molecule has 36 heavy (non-hydrogen) atoms. The number of hydrogen-bond acceptors (Lipinski definition) is 4. The summed E-state index contributed by atoms with van der Waals surface area (Å²) in [5.74, 6) is 0.362. The summed E-state index contributed by atoms with van der Waals surface area (Å²) in [4.78, 5) is 13.6. The number of hydrogen-bond donors (Lipinski definition) is 1. The van der Waals surface area contributed by atoms with Crippen LogP contribution in [0.2, 0.25) is 0 Å². The van der Waals surface area contributed by atoms with Gasteiger partial charge in [0.1, 0.15) is 5.75 Å². The zero-order valence-corrected chi connectivity index (χ0v) is 21.0. The summed E-state index contributed by atoms with van der Waals surface area (Å²) in [5, 5.41) is 3.00. The van der Waals surface area contributed by atoms with Gasteiger partial charge in [0.05, 0.1) is 35.8 Å². The number of ether oxygens (including phenoxy) is 1. The molecule has 4 aromatic carbocycles. The van der Waals surface area contributed by atoms with Gasteiger partial charge in [-0.15, -0.1) is 0 Å². The molecule has 0 unspecified atom stereocenters. The molecule has 0 aliphatic rings. The lowest BCUT2D eigenvalue weighted by atomic mass is 10.1. The fraction of sp³-hybridized carbons (Fsp3) is 0.138. The minimum Gasteiger partial charge on any atom is -0.497 e. The molecular weight excluding hydrogens is 472 g/mol. The van der Waals surface area contributed by atoms with E-state index in [1.165, 1.54) is 4.31 Å². The van der Waals surface area contributed by atoms with Crippen molar-refractivity contribution in [2.75, 3.05) is 11.4 Å². The molecule has 1 N–H and O–H groups in total. The van der Waals surface area contributed by atoms with Crippen molar-refractivity contribution >= 4 is 21.6 Å². The van der Waals surface area contributed by atoms with Crippen LogP contribution in [0.1, 0.15) is 34.5 Å². The van der Waals surface area contributed by atoms with Crippen molar-refractivity contribution in [1.29, 1.82) is 0 Å². The van der Waals surface area contributed by atoms with Gasteiger partial charge in [0.25, 0.3) is 15.9 Å². The summed E-state index contributed by atoms with van der Waals surface area (Å²) >= 11 is 0. The van der Waals surface area contributed by atoms with E-state index in [-0.39, 0.29) is 29.0 Å². The number of benzene rings is 4. The van der Waals surface area contributed by atoms with E-state index >= 15 is 0 Å². The largest absolute Gasteiger partial charge is 0.497 e. The first-order chi connectivity index (χ1) is 17.4. The highest BCUT2D eigenvalue weighted by Crippen LogP contribution is 2.30. The van der Waals surface area contributed by atoms with Gasteiger partial charge in [-0.2, -0.15) is 0 Å². The number of amides is 1. The predicted molar refractivity (Wildman–Crippen MR) is 142 cm³/mol. The second-order valence-corrected chi connectivity index (χ2v) is 10.2. The molecule has 0 fully saturated rings. The average molecular weight is 501 g/mol. The van der Waals surface area contributed by atoms with Gasteiger partial charge in [0.15, 0.2) is 0 Å². The van der Waals surface area contributed by atoms with Crippen molar-refractivity contribution < 1.29 is 17.9 Å². The Bertz CT molecular complexity index is 1410. The van der Waals surface area contributed by atoms with Crippen molar-refractivity contribution in [2.24, 2.45) is 0 Å². The first kappa shape index (κ1) is 25.0. The van der Waals surface area contributed by atoms with Crippen LogP contribution in [-0.4, -0.2) is 21.4 Å². The number of sulfonamides is 1.